The highest BCUT2D eigenvalue weighted by Gasteiger charge is 2.16. The summed E-state index contributed by atoms with van der Waals surface area (Å²) in [6, 6.07) is -0.561. The number of aliphatic carboxylic acids is 1. The van der Waals surface area contributed by atoms with Crippen molar-refractivity contribution in [3.63, 3.8) is 0 Å². The molecule has 0 amide bonds. The van der Waals surface area contributed by atoms with E-state index in [1.807, 2.05) is 13.8 Å². The Kier molecular flexibility index (Phi) is 3.60. The van der Waals surface area contributed by atoms with Crippen molar-refractivity contribution in [1.82, 2.24) is 10.3 Å². The second-order valence-electron chi connectivity index (χ2n) is 3.26. The monoisotopic (exact) mass is 214 g/mol. The fraction of sp³-hybridized carbons (Fsp3) is 0.556. The predicted molar refractivity (Wildman–Crippen MR) is 55.5 cm³/mol. The Hall–Kier alpha value is -0.940. The molecule has 0 bridgehead atoms. The molecule has 2 unspecified atom stereocenters. The zero-order valence-corrected chi connectivity index (χ0v) is 9.26. The summed E-state index contributed by atoms with van der Waals surface area (Å²) in [5.74, 6) is -0.842. The van der Waals surface area contributed by atoms with E-state index in [1.54, 1.807) is 24.5 Å². The summed E-state index contributed by atoms with van der Waals surface area (Å²) in [7, 11) is 0. The van der Waals surface area contributed by atoms with E-state index < -0.39 is 12.0 Å². The number of rotatable bonds is 4. The van der Waals surface area contributed by atoms with E-state index in [0.717, 1.165) is 9.88 Å². The van der Waals surface area contributed by atoms with Gasteiger partial charge in [0.05, 0.1) is 6.04 Å². The predicted octanol–water partition coefficient (Wildman–Crippen LogP) is 1.58. The number of hydrogen-bond donors (Lipinski definition) is 2. The van der Waals surface area contributed by atoms with Crippen LogP contribution in [0.3, 0.4) is 0 Å². The van der Waals surface area contributed by atoms with Crippen LogP contribution < -0.4 is 5.32 Å². The molecule has 0 aliphatic rings. The third-order valence-electron chi connectivity index (χ3n) is 1.88. The van der Waals surface area contributed by atoms with Gasteiger partial charge in [0, 0.05) is 11.1 Å². The summed E-state index contributed by atoms with van der Waals surface area (Å²) < 4.78 is 0. The second kappa shape index (κ2) is 4.52. The average Bonchev–Trinajstić information content (AvgIpc) is 2.51. The third-order valence-corrected chi connectivity index (χ3v) is 2.98. The van der Waals surface area contributed by atoms with Gasteiger partial charge in [0.25, 0.3) is 0 Å². The zero-order chi connectivity index (χ0) is 10.7. The number of nitrogens with one attached hydrogen (secondary N) is 1. The Morgan fingerprint density at radius 3 is 2.71 bits per heavy atom. The van der Waals surface area contributed by atoms with Crippen molar-refractivity contribution in [2.24, 2.45) is 0 Å². The molecular weight excluding hydrogens is 200 g/mol. The van der Waals surface area contributed by atoms with Crippen LogP contribution >= 0.6 is 11.3 Å². The Labute approximate surface area is 87.0 Å². The van der Waals surface area contributed by atoms with Crippen LogP contribution in [0, 0.1) is 6.92 Å². The van der Waals surface area contributed by atoms with Crippen molar-refractivity contribution in [1.29, 1.82) is 0 Å². The summed E-state index contributed by atoms with van der Waals surface area (Å²) >= 11 is 1.58. The van der Waals surface area contributed by atoms with Crippen LogP contribution in [0.1, 0.15) is 29.8 Å². The molecule has 5 heteroatoms. The number of hydrogen-bond acceptors (Lipinski definition) is 4. The molecule has 0 radical (unpaired) electrons. The highest BCUT2D eigenvalue weighted by atomic mass is 32.1. The molecule has 0 spiro atoms. The molecule has 1 heterocycles. The molecule has 2 N–H and O–H groups in total. The van der Waals surface area contributed by atoms with Gasteiger partial charge in [-0.1, -0.05) is 0 Å². The molecular formula is C9H14N2O2S. The molecule has 1 aromatic rings. The molecule has 1 rings (SSSR count). The lowest BCUT2D eigenvalue weighted by Crippen LogP contribution is -2.35. The lowest BCUT2D eigenvalue weighted by Gasteiger charge is -2.14. The molecule has 78 valence electrons. The Bertz CT molecular complexity index is 324. The van der Waals surface area contributed by atoms with Crippen LogP contribution in [0.15, 0.2) is 6.20 Å². The van der Waals surface area contributed by atoms with E-state index in [2.05, 4.69) is 10.3 Å². The number of thiazole rings is 1. The average molecular weight is 214 g/mol. The van der Waals surface area contributed by atoms with Crippen molar-refractivity contribution < 1.29 is 9.90 Å². The van der Waals surface area contributed by atoms with Gasteiger partial charge in [-0.25, -0.2) is 4.98 Å². The van der Waals surface area contributed by atoms with Crippen molar-refractivity contribution >= 4 is 17.3 Å². The highest BCUT2D eigenvalue weighted by Crippen LogP contribution is 2.19. The SMILES string of the molecule is Cc1cnc(C(C)NC(C)C(=O)O)s1. The third kappa shape index (κ3) is 2.78. The molecule has 1 aromatic heterocycles. The summed E-state index contributed by atoms with van der Waals surface area (Å²) in [5.41, 5.74) is 0. The number of carboxylic acid groups (broad SMARTS) is 1. The lowest BCUT2D eigenvalue weighted by atomic mass is 10.3. The Balaban J connectivity index is 2.58. The maximum Gasteiger partial charge on any atom is 0.320 e. The van der Waals surface area contributed by atoms with Crippen molar-refractivity contribution in [3.8, 4) is 0 Å². The van der Waals surface area contributed by atoms with Crippen LogP contribution in [-0.2, 0) is 4.79 Å². The quantitative estimate of drug-likeness (QED) is 0.798. The topological polar surface area (TPSA) is 62.2 Å². The van der Waals surface area contributed by atoms with Crippen molar-refractivity contribution in [2.75, 3.05) is 0 Å². The van der Waals surface area contributed by atoms with Gasteiger partial charge in [0.15, 0.2) is 0 Å². The first kappa shape index (κ1) is 11.1. The lowest BCUT2D eigenvalue weighted by molar-refractivity contribution is -0.139. The van der Waals surface area contributed by atoms with Crippen LogP contribution in [0.4, 0.5) is 0 Å². The van der Waals surface area contributed by atoms with E-state index in [-0.39, 0.29) is 6.04 Å². The highest BCUT2D eigenvalue weighted by molar-refractivity contribution is 7.11. The summed E-state index contributed by atoms with van der Waals surface area (Å²) in [5, 5.41) is 12.6. The van der Waals surface area contributed by atoms with Gasteiger partial charge in [-0.2, -0.15) is 0 Å². The summed E-state index contributed by atoms with van der Waals surface area (Å²) in [6.07, 6.45) is 1.80. The minimum Gasteiger partial charge on any atom is -0.480 e. The number of nitrogens with zero attached hydrogens (tertiary/aromatic N) is 1. The number of carboxylic acids is 1. The van der Waals surface area contributed by atoms with Crippen LogP contribution in [-0.4, -0.2) is 22.1 Å². The van der Waals surface area contributed by atoms with Gasteiger partial charge >= 0.3 is 5.97 Å². The largest absolute Gasteiger partial charge is 0.480 e. The molecule has 14 heavy (non-hydrogen) atoms. The fourth-order valence-electron chi connectivity index (χ4n) is 1.09. The second-order valence-corrected chi connectivity index (χ2v) is 4.52. The number of aryl methyl sites for hydroxylation is 1. The van der Waals surface area contributed by atoms with Gasteiger partial charge in [0.2, 0.25) is 0 Å². The van der Waals surface area contributed by atoms with E-state index in [0.29, 0.717) is 0 Å². The Morgan fingerprint density at radius 1 is 1.64 bits per heavy atom. The first-order valence-electron chi connectivity index (χ1n) is 4.42. The minimum atomic E-state index is -0.842. The molecule has 0 fully saturated rings. The molecule has 0 aromatic carbocycles. The van der Waals surface area contributed by atoms with Gasteiger partial charge in [-0.15, -0.1) is 11.3 Å². The molecule has 0 aliphatic heterocycles. The van der Waals surface area contributed by atoms with E-state index in [4.69, 9.17) is 5.11 Å². The molecule has 4 nitrogen and oxygen atoms in total. The zero-order valence-electron chi connectivity index (χ0n) is 8.44. The van der Waals surface area contributed by atoms with Gasteiger partial charge in [0.1, 0.15) is 11.0 Å². The molecule has 0 aliphatic carbocycles. The molecule has 0 saturated carbocycles. The summed E-state index contributed by atoms with van der Waals surface area (Å²) in [6.45, 7) is 5.52. The maximum absolute atomic E-state index is 10.6. The normalized spacial score (nSPS) is 15.1. The maximum atomic E-state index is 10.6. The smallest absolute Gasteiger partial charge is 0.320 e. The van der Waals surface area contributed by atoms with Gasteiger partial charge < -0.3 is 5.11 Å². The van der Waals surface area contributed by atoms with E-state index >= 15 is 0 Å². The standard InChI is InChI=1S/C9H14N2O2S/c1-5-4-10-8(14-5)6(2)11-7(3)9(12)13/h4,6-7,11H,1-3H3,(H,12,13). The number of carbonyl (C=O) groups is 1. The van der Waals surface area contributed by atoms with Crippen molar-refractivity contribution in [3.05, 3.63) is 16.1 Å². The fourth-order valence-corrected chi connectivity index (χ4v) is 1.88. The van der Waals surface area contributed by atoms with Crippen LogP contribution in [0.25, 0.3) is 0 Å². The Morgan fingerprint density at radius 2 is 2.29 bits per heavy atom. The molecule has 0 saturated heterocycles. The van der Waals surface area contributed by atoms with Gasteiger partial charge in [-0.3, -0.25) is 10.1 Å². The van der Waals surface area contributed by atoms with E-state index in [9.17, 15) is 4.79 Å². The first-order valence-corrected chi connectivity index (χ1v) is 5.23. The first-order chi connectivity index (χ1) is 6.50. The summed E-state index contributed by atoms with van der Waals surface area (Å²) in [4.78, 5) is 15.9. The van der Waals surface area contributed by atoms with Gasteiger partial charge in [-0.05, 0) is 20.8 Å². The van der Waals surface area contributed by atoms with Crippen molar-refractivity contribution in [2.45, 2.75) is 32.9 Å². The van der Waals surface area contributed by atoms with Crippen LogP contribution in [0.2, 0.25) is 0 Å². The minimum absolute atomic E-state index is 0.0141. The van der Waals surface area contributed by atoms with Crippen LogP contribution in [0.5, 0.6) is 0 Å². The van der Waals surface area contributed by atoms with E-state index in [1.165, 1.54) is 0 Å². The number of aromatic nitrogens is 1. The molecule has 2 atom stereocenters.